The van der Waals surface area contributed by atoms with Gasteiger partial charge in [-0.2, -0.15) is 0 Å². The van der Waals surface area contributed by atoms with Gasteiger partial charge in [0.25, 0.3) is 0 Å². The van der Waals surface area contributed by atoms with E-state index in [4.69, 9.17) is 11.6 Å². The molecule has 1 N–H and O–H groups in total. The molecule has 0 fully saturated rings. The van der Waals surface area contributed by atoms with E-state index < -0.39 is 15.2 Å². The Balaban J connectivity index is 3.61. The van der Waals surface area contributed by atoms with E-state index in [1.807, 2.05) is 0 Å². The molecule has 0 saturated carbocycles. The fourth-order valence-electron chi connectivity index (χ4n) is 0.171. The van der Waals surface area contributed by atoms with Crippen molar-refractivity contribution in [3.05, 3.63) is 0 Å². The minimum Gasteiger partial charge on any atom is -0.287 e. The van der Waals surface area contributed by atoms with E-state index >= 15 is 0 Å². The summed E-state index contributed by atoms with van der Waals surface area (Å²) in [6, 6.07) is 0. The SMILES string of the molecule is CCONS(=O)(=O)CCl. The van der Waals surface area contributed by atoms with Gasteiger partial charge in [-0.3, -0.25) is 4.84 Å². The van der Waals surface area contributed by atoms with Crippen LogP contribution in [0.4, 0.5) is 0 Å². The molecule has 0 saturated heterocycles. The Morgan fingerprint density at radius 3 is 2.56 bits per heavy atom. The second-order valence-electron chi connectivity index (χ2n) is 1.24. The first-order valence-corrected chi connectivity index (χ1v) is 4.48. The van der Waals surface area contributed by atoms with Crippen LogP contribution in [0.2, 0.25) is 0 Å². The second-order valence-corrected chi connectivity index (χ2v) is 3.51. The highest BCUT2D eigenvalue weighted by Crippen LogP contribution is 1.86. The largest absolute Gasteiger partial charge is 0.287 e. The van der Waals surface area contributed by atoms with Crippen LogP contribution >= 0.6 is 11.6 Å². The molecular weight excluding hydrogens is 166 g/mol. The molecule has 0 amide bonds. The van der Waals surface area contributed by atoms with Crippen LogP contribution in [0.3, 0.4) is 0 Å². The zero-order chi connectivity index (χ0) is 7.33. The molecule has 4 nitrogen and oxygen atoms in total. The fourth-order valence-corrected chi connectivity index (χ4v) is 0.647. The average Bonchev–Trinajstić information content (AvgIpc) is 1.84. The summed E-state index contributed by atoms with van der Waals surface area (Å²) in [6.07, 6.45) is 0. The van der Waals surface area contributed by atoms with Gasteiger partial charge in [-0.1, -0.05) is 4.89 Å². The maximum Gasteiger partial charge on any atom is 0.247 e. The molecule has 6 heteroatoms. The summed E-state index contributed by atoms with van der Waals surface area (Å²) in [5, 5.41) is -0.479. The van der Waals surface area contributed by atoms with Gasteiger partial charge in [0.1, 0.15) is 5.21 Å². The monoisotopic (exact) mass is 173 g/mol. The van der Waals surface area contributed by atoms with E-state index in [0.29, 0.717) is 0 Å². The maximum absolute atomic E-state index is 10.4. The van der Waals surface area contributed by atoms with Gasteiger partial charge in [-0.15, -0.1) is 11.6 Å². The van der Waals surface area contributed by atoms with Crippen molar-refractivity contribution in [2.24, 2.45) is 0 Å². The Morgan fingerprint density at radius 1 is 1.67 bits per heavy atom. The van der Waals surface area contributed by atoms with Gasteiger partial charge in [0, 0.05) is 0 Å². The first-order valence-electron chi connectivity index (χ1n) is 2.29. The van der Waals surface area contributed by atoms with Crippen molar-refractivity contribution in [2.75, 3.05) is 11.8 Å². The van der Waals surface area contributed by atoms with Crippen LogP contribution < -0.4 is 4.89 Å². The van der Waals surface area contributed by atoms with E-state index in [1.54, 1.807) is 11.8 Å². The normalized spacial score (nSPS) is 11.8. The molecule has 0 unspecified atom stereocenters. The Morgan fingerprint density at radius 2 is 2.22 bits per heavy atom. The molecule has 0 aromatic heterocycles. The van der Waals surface area contributed by atoms with Gasteiger partial charge in [-0.25, -0.2) is 8.42 Å². The Labute approximate surface area is 59.2 Å². The number of halogens is 1. The minimum atomic E-state index is -3.39. The van der Waals surface area contributed by atoms with E-state index in [9.17, 15) is 8.42 Å². The molecule has 0 aliphatic carbocycles. The van der Waals surface area contributed by atoms with Crippen LogP contribution in [0.15, 0.2) is 0 Å². The van der Waals surface area contributed by atoms with Crippen molar-refractivity contribution >= 4 is 21.6 Å². The summed E-state index contributed by atoms with van der Waals surface area (Å²) >= 11 is 5.00. The minimum absolute atomic E-state index is 0.288. The van der Waals surface area contributed by atoms with Crippen molar-refractivity contribution < 1.29 is 13.3 Å². The molecular formula is C3H8ClNO3S. The van der Waals surface area contributed by atoms with Gasteiger partial charge in [0.05, 0.1) is 6.61 Å². The number of hydrogen-bond acceptors (Lipinski definition) is 3. The van der Waals surface area contributed by atoms with Crippen LogP contribution in [0.25, 0.3) is 0 Å². The third kappa shape index (κ3) is 4.65. The summed E-state index contributed by atoms with van der Waals surface area (Å²) < 4.78 is 20.8. The molecule has 0 aromatic rings. The molecule has 0 spiro atoms. The Hall–Kier alpha value is 0.160. The molecule has 0 heterocycles. The van der Waals surface area contributed by atoms with Gasteiger partial charge < -0.3 is 0 Å². The third-order valence-electron chi connectivity index (χ3n) is 0.474. The second kappa shape index (κ2) is 4.05. The van der Waals surface area contributed by atoms with Crippen LogP contribution in [0.5, 0.6) is 0 Å². The van der Waals surface area contributed by atoms with E-state index in [1.165, 1.54) is 0 Å². The van der Waals surface area contributed by atoms with Crippen molar-refractivity contribution in [3.63, 3.8) is 0 Å². The zero-order valence-electron chi connectivity index (χ0n) is 4.93. The van der Waals surface area contributed by atoms with E-state index in [-0.39, 0.29) is 6.61 Å². The summed E-state index contributed by atoms with van der Waals surface area (Å²) in [6.45, 7) is 1.95. The Kier molecular flexibility index (Phi) is 4.12. The predicted molar refractivity (Wildman–Crippen MR) is 34.4 cm³/mol. The highest BCUT2D eigenvalue weighted by Gasteiger charge is 2.04. The predicted octanol–water partition coefficient (Wildman–Crippen LogP) is 0.0536. The molecule has 0 aliphatic heterocycles. The smallest absolute Gasteiger partial charge is 0.247 e. The van der Waals surface area contributed by atoms with Gasteiger partial charge in [-0.05, 0) is 6.92 Å². The zero-order valence-corrected chi connectivity index (χ0v) is 6.50. The van der Waals surface area contributed by atoms with Crippen LogP contribution in [0, 0.1) is 0 Å². The number of alkyl halides is 1. The molecule has 0 radical (unpaired) electrons. The Bertz CT molecular complexity index is 154. The maximum atomic E-state index is 10.4. The summed E-state index contributed by atoms with van der Waals surface area (Å²) in [5.41, 5.74) is 0. The van der Waals surface area contributed by atoms with Gasteiger partial charge in [0.15, 0.2) is 0 Å². The standard InChI is InChI=1S/C3H8ClNO3S/c1-2-8-5-9(6,7)3-4/h5H,2-3H2,1H3. The van der Waals surface area contributed by atoms with Crippen molar-refractivity contribution in [3.8, 4) is 0 Å². The van der Waals surface area contributed by atoms with Crippen molar-refractivity contribution in [2.45, 2.75) is 6.92 Å². The number of hydrogen-bond donors (Lipinski definition) is 1. The molecule has 0 aromatic carbocycles. The van der Waals surface area contributed by atoms with Gasteiger partial charge in [0.2, 0.25) is 10.0 Å². The van der Waals surface area contributed by atoms with Crippen LogP contribution in [0.1, 0.15) is 6.92 Å². The average molecular weight is 174 g/mol. The molecule has 0 rings (SSSR count). The van der Waals surface area contributed by atoms with Crippen LogP contribution in [-0.2, 0) is 14.9 Å². The van der Waals surface area contributed by atoms with E-state index in [0.717, 1.165) is 0 Å². The first kappa shape index (κ1) is 9.16. The highest BCUT2D eigenvalue weighted by molar-refractivity contribution is 7.90. The molecule has 0 aliphatic rings. The summed E-state index contributed by atoms with van der Waals surface area (Å²) in [4.78, 5) is 6.17. The summed E-state index contributed by atoms with van der Waals surface area (Å²) in [7, 11) is -3.39. The first-order chi connectivity index (χ1) is 4.12. The molecule has 0 bridgehead atoms. The van der Waals surface area contributed by atoms with Gasteiger partial charge >= 0.3 is 0 Å². The lowest BCUT2D eigenvalue weighted by Gasteiger charge is -1.99. The third-order valence-corrected chi connectivity index (χ3v) is 1.99. The van der Waals surface area contributed by atoms with E-state index in [2.05, 4.69) is 4.84 Å². The fraction of sp³-hybridized carbons (Fsp3) is 1.00. The van der Waals surface area contributed by atoms with Crippen LogP contribution in [-0.4, -0.2) is 20.2 Å². The highest BCUT2D eigenvalue weighted by atomic mass is 35.5. The number of nitrogens with one attached hydrogen (secondary N) is 1. The lowest BCUT2D eigenvalue weighted by atomic mass is 10.9. The van der Waals surface area contributed by atoms with Crippen molar-refractivity contribution in [1.29, 1.82) is 0 Å². The summed E-state index contributed by atoms with van der Waals surface area (Å²) in [5.74, 6) is 0. The van der Waals surface area contributed by atoms with Crippen molar-refractivity contribution in [1.82, 2.24) is 4.89 Å². The number of rotatable bonds is 4. The lowest BCUT2D eigenvalue weighted by molar-refractivity contribution is 0.106. The number of sulfonamides is 1. The lowest BCUT2D eigenvalue weighted by Crippen LogP contribution is -2.24. The topological polar surface area (TPSA) is 55.4 Å². The molecule has 0 atom stereocenters. The molecule has 56 valence electrons. The molecule has 9 heavy (non-hydrogen) atoms. The quantitative estimate of drug-likeness (QED) is 0.483.